The molecule has 0 aromatic heterocycles. The molecule has 0 aliphatic carbocycles. The van der Waals surface area contributed by atoms with E-state index in [1.807, 2.05) is 0 Å². The maximum atomic E-state index is 12.2. The number of hydrogen-bond acceptors (Lipinski definition) is 4. The molecule has 0 saturated heterocycles. The zero-order chi connectivity index (χ0) is 19.4. The fourth-order valence-electron chi connectivity index (χ4n) is 2.70. The summed E-state index contributed by atoms with van der Waals surface area (Å²) in [5, 5.41) is 0. The van der Waals surface area contributed by atoms with Gasteiger partial charge in [0.25, 0.3) is 17.7 Å². The van der Waals surface area contributed by atoms with Crippen LogP contribution in [0.2, 0.25) is 0 Å². The lowest BCUT2D eigenvalue weighted by Gasteiger charge is -2.13. The van der Waals surface area contributed by atoms with E-state index >= 15 is 0 Å². The maximum absolute atomic E-state index is 12.2. The first-order chi connectivity index (χ1) is 13.0. The van der Waals surface area contributed by atoms with Crippen molar-refractivity contribution in [1.82, 2.24) is 15.8 Å². The topological polar surface area (TPSA) is 95.6 Å². The molecule has 2 N–H and O–H groups in total. The van der Waals surface area contributed by atoms with Crippen LogP contribution in [0.15, 0.2) is 53.0 Å². The second-order valence-electron chi connectivity index (χ2n) is 5.92. The van der Waals surface area contributed by atoms with Gasteiger partial charge in [-0.25, -0.2) is 0 Å². The maximum Gasteiger partial charge on any atom is 0.269 e. The SMILES string of the molecule is O=C(CCCN1C(=O)c2ccccc2C1=O)NNC(=O)c1ccc(Br)cc1. The fraction of sp³-hybridized carbons (Fsp3) is 0.158. The highest BCUT2D eigenvalue weighted by Gasteiger charge is 2.34. The number of carbonyl (C=O) groups is 4. The monoisotopic (exact) mass is 429 g/mol. The number of hydrogen-bond donors (Lipinski definition) is 2. The Labute approximate surface area is 163 Å². The van der Waals surface area contributed by atoms with Crippen LogP contribution in [-0.4, -0.2) is 35.1 Å². The first-order valence-corrected chi connectivity index (χ1v) is 9.06. The molecule has 2 aromatic rings. The van der Waals surface area contributed by atoms with Gasteiger partial charge in [-0.1, -0.05) is 28.1 Å². The molecule has 0 fully saturated rings. The van der Waals surface area contributed by atoms with Crippen molar-refractivity contribution < 1.29 is 19.2 Å². The molecular weight excluding hydrogens is 414 g/mol. The molecule has 27 heavy (non-hydrogen) atoms. The van der Waals surface area contributed by atoms with Crippen LogP contribution in [0.5, 0.6) is 0 Å². The van der Waals surface area contributed by atoms with Gasteiger partial charge in [0, 0.05) is 23.0 Å². The zero-order valence-corrected chi connectivity index (χ0v) is 15.8. The van der Waals surface area contributed by atoms with Gasteiger partial charge >= 0.3 is 0 Å². The van der Waals surface area contributed by atoms with Crippen LogP contribution in [0.3, 0.4) is 0 Å². The minimum absolute atomic E-state index is 0.0635. The summed E-state index contributed by atoms with van der Waals surface area (Å²) in [6.07, 6.45) is 0.361. The number of rotatable bonds is 5. The first-order valence-electron chi connectivity index (χ1n) is 8.27. The summed E-state index contributed by atoms with van der Waals surface area (Å²) in [6, 6.07) is 13.3. The summed E-state index contributed by atoms with van der Waals surface area (Å²) in [4.78, 5) is 49.4. The molecule has 1 heterocycles. The molecule has 4 amide bonds. The summed E-state index contributed by atoms with van der Waals surface area (Å²) in [7, 11) is 0. The molecule has 0 unspecified atom stereocenters. The van der Waals surface area contributed by atoms with Crippen LogP contribution in [0.1, 0.15) is 43.9 Å². The minimum atomic E-state index is -0.434. The third-order valence-electron chi connectivity index (χ3n) is 4.09. The Morgan fingerprint density at radius 3 is 2.07 bits per heavy atom. The lowest BCUT2D eigenvalue weighted by Crippen LogP contribution is -2.42. The summed E-state index contributed by atoms with van der Waals surface area (Å²) in [5.74, 6) is -1.53. The van der Waals surface area contributed by atoms with E-state index in [0.29, 0.717) is 23.1 Å². The van der Waals surface area contributed by atoms with Crippen molar-refractivity contribution in [2.75, 3.05) is 6.54 Å². The average Bonchev–Trinajstić information content (AvgIpc) is 2.92. The number of hydrazine groups is 1. The lowest BCUT2D eigenvalue weighted by atomic mass is 10.1. The van der Waals surface area contributed by atoms with Crippen LogP contribution in [-0.2, 0) is 4.79 Å². The Balaban J connectivity index is 1.44. The Morgan fingerprint density at radius 1 is 0.889 bits per heavy atom. The van der Waals surface area contributed by atoms with E-state index in [4.69, 9.17) is 0 Å². The van der Waals surface area contributed by atoms with Crippen molar-refractivity contribution in [1.29, 1.82) is 0 Å². The number of amides is 4. The van der Waals surface area contributed by atoms with Crippen molar-refractivity contribution in [3.8, 4) is 0 Å². The number of nitrogens with one attached hydrogen (secondary N) is 2. The van der Waals surface area contributed by atoms with Gasteiger partial charge in [-0.05, 0) is 42.8 Å². The summed E-state index contributed by atoms with van der Waals surface area (Å²) in [6.45, 7) is 0.139. The van der Waals surface area contributed by atoms with Gasteiger partial charge in [-0.3, -0.25) is 34.9 Å². The van der Waals surface area contributed by atoms with Crippen LogP contribution < -0.4 is 10.9 Å². The molecule has 0 atom stereocenters. The summed E-state index contributed by atoms with van der Waals surface area (Å²) < 4.78 is 0.844. The number of carbonyl (C=O) groups excluding carboxylic acids is 4. The third kappa shape index (κ3) is 4.22. The molecule has 8 heteroatoms. The van der Waals surface area contributed by atoms with Gasteiger partial charge in [0.2, 0.25) is 5.91 Å². The van der Waals surface area contributed by atoms with E-state index in [9.17, 15) is 19.2 Å². The van der Waals surface area contributed by atoms with Crippen molar-refractivity contribution in [2.24, 2.45) is 0 Å². The predicted octanol–water partition coefficient (Wildman–Crippen LogP) is 2.29. The molecule has 1 aliphatic rings. The molecule has 1 aliphatic heterocycles. The molecule has 0 radical (unpaired) electrons. The fourth-order valence-corrected chi connectivity index (χ4v) is 2.97. The Hall–Kier alpha value is -3.00. The number of fused-ring (bicyclic) bond motifs is 1. The second-order valence-corrected chi connectivity index (χ2v) is 6.84. The van der Waals surface area contributed by atoms with Crippen molar-refractivity contribution >= 4 is 39.6 Å². The largest absolute Gasteiger partial charge is 0.274 e. The normalized spacial score (nSPS) is 12.7. The summed E-state index contributed by atoms with van der Waals surface area (Å²) in [5.41, 5.74) is 5.82. The highest BCUT2D eigenvalue weighted by Crippen LogP contribution is 2.22. The van der Waals surface area contributed by atoms with Gasteiger partial charge in [0.1, 0.15) is 0 Å². The zero-order valence-electron chi connectivity index (χ0n) is 14.2. The third-order valence-corrected chi connectivity index (χ3v) is 4.61. The van der Waals surface area contributed by atoms with E-state index in [2.05, 4.69) is 26.8 Å². The van der Waals surface area contributed by atoms with Crippen molar-refractivity contribution in [3.63, 3.8) is 0 Å². The first kappa shape index (κ1) is 18.8. The van der Waals surface area contributed by atoms with Crippen LogP contribution >= 0.6 is 15.9 Å². The molecule has 0 saturated carbocycles. The molecule has 2 aromatic carbocycles. The summed E-state index contributed by atoms with van der Waals surface area (Å²) >= 11 is 3.28. The highest BCUT2D eigenvalue weighted by atomic mass is 79.9. The highest BCUT2D eigenvalue weighted by molar-refractivity contribution is 9.10. The smallest absolute Gasteiger partial charge is 0.269 e. The molecular formula is C19H16BrN3O4. The number of benzene rings is 2. The van der Waals surface area contributed by atoms with Gasteiger partial charge in [-0.2, -0.15) is 0 Å². The van der Waals surface area contributed by atoms with Crippen LogP contribution in [0.4, 0.5) is 0 Å². The predicted molar refractivity (Wildman–Crippen MR) is 101 cm³/mol. The second kappa shape index (κ2) is 8.13. The van der Waals surface area contributed by atoms with Gasteiger partial charge < -0.3 is 0 Å². The molecule has 3 rings (SSSR count). The van der Waals surface area contributed by atoms with E-state index in [1.165, 1.54) is 0 Å². The Bertz CT molecular complexity index is 876. The Morgan fingerprint density at radius 2 is 1.48 bits per heavy atom. The molecule has 7 nitrogen and oxygen atoms in total. The lowest BCUT2D eigenvalue weighted by molar-refractivity contribution is -0.122. The van der Waals surface area contributed by atoms with E-state index in [1.54, 1.807) is 48.5 Å². The number of nitrogens with zero attached hydrogens (tertiary/aromatic N) is 1. The van der Waals surface area contributed by atoms with Gasteiger partial charge in [0.15, 0.2) is 0 Å². The van der Waals surface area contributed by atoms with Crippen LogP contribution in [0.25, 0.3) is 0 Å². The van der Waals surface area contributed by atoms with E-state index in [0.717, 1.165) is 9.37 Å². The molecule has 0 spiro atoms. The van der Waals surface area contributed by atoms with Gasteiger partial charge in [-0.15, -0.1) is 0 Å². The minimum Gasteiger partial charge on any atom is -0.274 e. The molecule has 138 valence electrons. The van der Waals surface area contributed by atoms with Crippen molar-refractivity contribution in [2.45, 2.75) is 12.8 Å². The quantitative estimate of drug-likeness (QED) is 0.562. The van der Waals surface area contributed by atoms with E-state index in [-0.39, 0.29) is 24.8 Å². The number of imide groups is 1. The Kier molecular flexibility index (Phi) is 5.66. The average molecular weight is 430 g/mol. The standard InChI is InChI=1S/C19H16BrN3O4/c20-13-9-7-12(8-10-13)17(25)22-21-16(24)6-3-11-23-18(26)14-4-1-2-5-15(14)19(23)27/h1-2,4-5,7-10H,3,6,11H2,(H,21,24)(H,22,25). The van der Waals surface area contributed by atoms with E-state index < -0.39 is 11.8 Å². The van der Waals surface area contributed by atoms with Crippen molar-refractivity contribution in [3.05, 3.63) is 69.7 Å². The number of halogens is 1. The molecule has 0 bridgehead atoms. The van der Waals surface area contributed by atoms with Crippen LogP contribution in [0, 0.1) is 0 Å². The van der Waals surface area contributed by atoms with Gasteiger partial charge in [0.05, 0.1) is 11.1 Å².